The number of nitrogens with one attached hydrogen (secondary N) is 4. The van der Waals surface area contributed by atoms with Crippen molar-refractivity contribution in [1.82, 2.24) is 34.8 Å². The fourth-order valence-electron chi connectivity index (χ4n) is 7.12. The van der Waals surface area contributed by atoms with Crippen LogP contribution in [0, 0.1) is 26.0 Å². The fourth-order valence-corrected chi connectivity index (χ4v) is 7.12. The van der Waals surface area contributed by atoms with Gasteiger partial charge in [0.15, 0.2) is 0 Å². The van der Waals surface area contributed by atoms with Crippen molar-refractivity contribution >= 4 is 62.1 Å². The molecule has 0 spiro atoms. The summed E-state index contributed by atoms with van der Waals surface area (Å²) in [6.07, 6.45) is 6.98. The monoisotopic (exact) mass is 868 g/mol. The summed E-state index contributed by atoms with van der Waals surface area (Å²) in [7, 11) is 4.73. The molecule has 8 aromatic rings. The number of H-pyrrole nitrogens is 2. The second-order valence-electron chi connectivity index (χ2n) is 14.3. The number of hydrogen-bond acceptors (Lipinski definition) is 14. The lowest BCUT2D eigenvalue weighted by Gasteiger charge is -2.25. The normalized spacial score (nSPS) is 11.0. The zero-order valence-corrected chi connectivity index (χ0v) is 35.6. The van der Waals surface area contributed by atoms with Gasteiger partial charge in [0.2, 0.25) is 17.7 Å². The number of nitrogens with zero attached hydrogens (tertiary/aromatic N) is 8. The van der Waals surface area contributed by atoms with Crippen molar-refractivity contribution in [1.29, 1.82) is 0 Å². The van der Waals surface area contributed by atoms with Crippen LogP contribution in [0.25, 0.3) is 44.3 Å². The first-order valence-corrected chi connectivity index (χ1v) is 20.2. The van der Waals surface area contributed by atoms with Crippen molar-refractivity contribution in [3.8, 4) is 34.0 Å². The number of nitro groups is 2. The van der Waals surface area contributed by atoms with Gasteiger partial charge in [-0.15, -0.1) is 0 Å². The lowest BCUT2D eigenvalue weighted by molar-refractivity contribution is -0.387. The minimum atomic E-state index is -0.985. The predicted molar refractivity (Wildman–Crippen MR) is 246 cm³/mol. The Labute approximate surface area is 366 Å². The quantitative estimate of drug-likeness (QED) is 0.0525. The molecule has 328 valence electrons. The van der Waals surface area contributed by atoms with E-state index >= 15 is 0 Å². The van der Waals surface area contributed by atoms with Gasteiger partial charge < -0.3 is 39.9 Å². The van der Waals surface area contributed by atoms with E-state index in [1.54, 1.807) is 24.5 Å². The van der Waals surface area contributed by atoms with Crippen molar-refractivity contribution in [3.05, 3.63) is 136 Å². The number of ether oxygens (including phenoxy) is 2. The minimum absolute atomic E-state index is 0.0202. The Morgan fingerprint density at radius 1 is 0.688 bits per heavy atom. The van der Waals surface area contributed by atoms with Crippen LogP contribution in [0.15, 0.2) is 110 Å². The van der Waals surface area contributed by atoms with Gasteiger partial charge in [-0.05, 0) is 37.4 Å². The van der Waals surface area contributed by atoms with E-state index in [2.05, 4.69) is 59.3 Å². The third-order valence-electron chi connectivity index (χ3n) is 10.6. The fraction of sp³-hybridized carbons (Fsp3) is 0.200. The van der Waals surface area contributed by atoms with Crippen molar-refractivity contribution in [2.75, 3.05) is 63.0 Å². The number of aromatic amines is 2. The predicted octanol–water partition coefficient (Wildman–Crippen LogP) is 9.49. The molecule has 4 heterocycles. The number of hydrogen-bond donors (Lipinski definition) is 4. The van der Waals surface area contributed by atoms with Gasteiger partial charge in [-0.3, -0.25) is 20.2 Å². The second-order valence-corrected chi connectivity index (χ2v) is 14.3. The van der Waals surface area contributed by atoms with Crippen LogP contribution in [-0.4, -0.2) is 92.1 Å². The minimum Gasteiger partial charge on any atom is -0.494 e. The molecule has 19 heteroatoms. The number of fused-ring (bicyclic) bond motifs is 2. The SMILES string of the molecule is CCN(CC)CCN(C)c1cc(OC)c(Nc2nccc(-c3c[nH]c4ccccc34)n2)cc1[N+](=O)[O-].COc1cc(F)c([N+](=O)[O-])cc1Nc1nccc(-c2c[nH]c3ccccc23)n1. The lowest BCUT2D eigenvalue weighted by atomic mass is 10.1. The highest BCUT2D eigenvalue weighted by Gasteiger charge is 2.23. The van der Waals surface area contributed by atoms with Gasteiger partial charge in [-0.25, -0.2) is 19.9 Å². The van der Waals surface area contributed by atoms with E-state index in [0.29, 0.717) is 35.3 Å². The summed E-state index contributed by atoms with van der Waals surface area (Å²) in [4.78, 5) is 50.0. The van der Waals surface area contributed by atoms with Gasteiger partial charge in [0.25, 0.3) is 5.69 Å². The largest absolute Gasteiger partial charge is 0.494 e. The third-order valence-corrected chi connectivity index (χ3v) is 10.6. The Bertz CT molecular complexity index is 2940. The molecular weight excluding hydrogens is 824 g/mol. The van der Waals surface area contributed by atoms with E-state index in [4.69, 9.17) is 9.47 Å². The van der Waals surface area contributed by atoms with Gasteiger partial charge in [0.1, 0.15) is 17.2 Å². The molecule has 0 saturated heterocycles. The Kier molecular flexibility index (Phi) is 13.5. The van der Waals surface area contributed by atoms with Gasteiger partial charge in [-0.1, -0.05) is 50.2 Å². The van der Waals surface area contributed by atoms with E-state index in [-0.39, 0.29) is 28.0 Å². The van der Waals surface area contributed by atoms with Gasteiger partial charge in [-0.2, -0.15) is 4.39 Å². The number of nitro benzene ring substituents is 2. The summed E-state index contributed by atoms with van der Waals surface area (Å²) in [6, 6.07) is 24.5. The lowest BCUT2D eigenvalue weighted by Crippen LogP contribution is -2.33. The van der Waals surface area contributed by atoms with Crippen molar-refractivity contribution in [3.63, 3.8) is 0 Å². The topological polar surface area (TPSA) is 218 Å². The molecular formula is C45H45FN12O6. The summed E-state index contributed by atoms with van der Waals surface area (Å²) in [5.41, 5.74) is 5.61. The zero-order valence-electron chi connectivity index (χ0n) is 35.6. The molecule has 8 rings (SSSR count). The first-order valence-electron chi connectivity index (χ1n) is 20.2. The number of para-hydroxylation sites is 2. The number of halogens is 1. The highest BCUT2D eigenvalue weighted by molar-refractivity contribution is 5.95. The van der Waals surface area contributed by atoms with Crippen LogP contribution < -0.4 is 25.0 Å². The summed E-state index contributed by atoms with van der Waals surface area (Å²) < 4.78 is 24.5. The maximum Gasteiger partial charge on any atom is 0.307 e. The standard InChI is InChI=1S/C26H31N7O3.C19H14FN5O3/c1-5-32(6-2)14-13-31(3)23-16-25(36-4)22(15-24(23)33(34)35)30-26-27-12-11-21(29-26)19-17-28-20-10-8-7-9-18(19)20;1-28-18-8-13(20)17(25(26)27)9-16(18)24-19-21-7-6-15(23-19)12-10-22-14-5-3-2-4-11(12)14/h7-12,15-17,28H,5-6,13-14H2,1-4H3,(H,27,29,30);2-10,22H,1H3,(H,21,23,24). The molecule has 0 aliphatic carbocycles. The molecule has 4 aromatic heterocycles. The van der Waals surface area contributed by atoms with E-state index < -0.39 is 16.4 Å². The first-order chi connectivity index (χ1) is 31.0. The summed E-state index contributed by atoms with van der Waals surface area (Å²) in [5.74, 6) is 0.0893. The van der Waals surface area contributed by atoms with E-state index in [9.17, 15) is 24.6 Å². The molecule has 0 unspecified atom stereocenters. The van der Waals surface area contributed by atoms with Crippen LogP contribution in [0.2, 0.25) is 0 Å². The second kappa shape index (κ2) is 19.7. The van der Waals surface area contributed by atoms with Crippen LogP contribution in [0.5, 0.6) is 11.5 Å². The van der Waals surface area contributed by atoms with E-state index in [0.717, 1.165) is 70.4 Å². The summed E-state index contributed by atoms with van der Waals surface area (Å²) in [6.45, 7) is 7.51. The molecule has 0 amide bonds. The van der Waals surface area contributed by atoms with Crippen LogP contribution in [0.3, 0.4) is 0 Å². The third kappa shape index (κ3) is 9.63. The number of methoxy groups -OCH3 is 2. The van der Waals surface area contributed by atoms with Crippen molar-refractivity contribution in [2.24, 2.45) is 0 Å². The summed E-state index contributed by atoms with van der Waals surface area (Å²) >= 11 is 0. The Morgan fingerprint density at radius 2 is 1.17 bits per heavy atom. The first kappa shape index (κ1) is 43.9. The number of anilines is 5. The highest BCUT2D eigenvalue weighted by atomic mass is 19.1. The number of aromatic nitrogens is 6. The Balaban J connectivity index is 0.000000197. The molecule has 0 fully saturated rings. The van der Waals surface area contributed by atoms with Crippen LogP contribution in [0.4, 0.5) is 44.7 Å². The smallest absolute Gasteiger partial charge is 0.307 e. The molecule has 0 bridgehead atoms. The number of likely N-dealkylation sites (N-methyl/N-ethyl adjacent to an activating group) is 2. The molecule has 0 saturated carbocycles. The van der Waals surface area contributed by atoms with Crippen molar-refractivity contribution < 1.29 is 23.7 Å². The van der Waals surface area contributed by atoms with Gasteiger partial charge in [0.05, 0.1) is 46.8 Å². The molecule has 64 heavy (non-hydrogen) atoms. The molecule has 4 N–H and O–H groups in total. The van der Waals surface area contributed by atoms with Gasteiger partial charge >= 0.3 is 5.69 Å². The van der Waals surface area contributed by atoms with Crippen LogP contribution >= 0.6 is 0 Å². The molecule has 18 nitrogen and oxygen atoms in total. The van der Waals surface area contributed by atoms with E-state index in [1.807, 2.05) is 78.9 Å². The molecule has 4 aromatic carbocycles. The molecule has 0 radical (unpaired) electrons. The number of rotatable bonds is 16. The van der Waals surface area contributed by atoms with Gasteiger partial charge in [0, 0.05) is 102 Å². The zero-order chi connectivity index (χ0) is 45.3. The van der Waals surface area contributed by atoms with Crippen LogP contribution in [0.1, 0.15) is 13.8 Å². The molecule has 0 atom stereocenters. The number of benzene rings is 4. The summed E-state index contributed by atoms with van der Waals surface area (Å²) in [5, 5.41) is 31.0. The average Bonchev–Trinajstić information content (AvgIpc) is 3.95. The maximum absolute atomic E-state index is 13.8. The van der Waals surface area contributed by atoms with Crippen LogP contribution in [-0.2, 0) is 0 Å². The van der Waals surface area contributed by atoms with Crippen molar-refractivity contribution in [2.45, 2.75) is 13.8 Å². The van der Waals surface area contributed by atoms with E-state index in [1.165, 1.54) is 20.3 Å². The molecule has 0 aliphatic heterocycles. The maximum atomic E-state index is 13.8. The Hall–Kier alpha value is -8.19. The Morgan fingerprint density at radius 3 is 1.66 bits per heavy atom. The molecule has 0 aliphatic rings. The highest BCUT2D eigenvalue weighted by Crippen LogP contribution is 2.39. The average molecular weight is 869 g/mol.